The van der Waals surface area contributed by atoms with Crippen LogP contribution in [0.5, 0.6) is 0 Å². The number of hydrogen-bond donors (Lipinski definition) is 3. The van der Waals surface area contributed by atoms with Gasteiger partial charge in [-0.1, -0.05) is 148 Å². The van der Waals surface area contributed by atoms with Gasteiger partial charge < -0.3 is 20.5 Å². The number of carboxylic acids is 1. The number of amides is 2. The van der Waals surface area contributed by atoms with Gasteiger partial charge in [-0.05, 0) is 41.5 Å². The summed E-state index contributed by atoms with van der Waals surface area (Å²) < 4.78 is 5.51. The lowest BCUT2D eigenvalue weighted by Crippen LogP contribution is -2.48. The largest absolute Gasteiger partial charge is 0.480 e. The number of ether oxygens (including phenoxy) is 1. The fraction of sp³-hybridized carbons (Fsp3) is 0.341. The first kappa shape index (κ1) is 40.2. The Morgan fingerprint density at radius 3 is 1.53 bits per heavy atom. The van der Waals surface area contributed by atoms with E-state index in [9.17, 15) is 29.1 Å². The van der Waals surface area contributed by atoms with Gasteiger partial charge in [0.1, 0.15) is 12.6 Å². The van der Waals surface area contributed by atoms with Crippen molar-refractivity contribution in [3.8, 4) is 0 Å². The van der Waals surface area contributed by atoms with Crippen molar-refractivity contribution in [3.63, 3.8) is 0 Å². The predicted octanol–water partition coefficient (Wildman–Crippen LogP) is 6.67. The molecule has 0 unspecified atom stereocenters. The molecule has 0 aliphatic carbocycles. The molecule has 4 atom stereocenters. The highest BCUT2D eigenvalue weighted by Gasteiger charge is 2.32. The van der Waals surface area contributed by atoms with Crippen LogP contribution in [0.1, 0.15) is 67.7 Å². The average Bonchev–Trinajstić information content (AvgIpc) is 3.17. The van der Waals surface area contributed by atoms with E-state index in [1.807, 2.05) is 97.1 Å². The van der Waals surface area contributed by atoms with E-state index in [4.69, 9.17) is 4.74 Å². The van der Waals surface area contributed by atoms with Crippen LogP contribution in [0.25, 0.3) is 0 Å². The Bertz CT molecular complexity index is 1730. The Hall–Kier alpha value is -5.57. The fourth-order valence-corrected chi connectivity index (χ4v) is 6.23. The van der Waals surface area contributed by atoms with Crippen molar-refractivity contribution in [2.45, 2.75) is 83.4 Å². The van der Waals surface area contributed by atoms with Gasteiger partial charge in [0, 0.05) is 24.7 Å². The molecule has 0 bridgehead atoms. The third kappa shape index (κ3) is 14.2. The van der Waals surface area contributed by atoms with Crippen LogP contribution >= 0.6 is 0 Å². The van der Waals surface area contributed by atoms with E-state index < -0.39 is 47.7 Å². The lowest BCUT2D eigenvalue weighted by molar-refractivity contribution is -0.148. The van der Waals surface area contributed by atoms with Crippen molar-refractivity contribution in [3.05, 3.63) is 144 Å². The molecule has 278 valence electrons. The van der Waals surface area contributed by atoms with Crippen molar-refractivity contribution in [1.29, 1.82) is 0 Å². The molecule has 9 heteroatoms. The number of hydrogen-bond acceptors (Lipinski definition) is 6. The average molecular weight is 719 g/mol. The number of Topliss-reactive ketones (excluding diaryl/α,β-unsaturated/α-hetero) is 1. The molecular weight excluding hydrogens is 668 g/mol. The summed E-state index contributed by atoms with van der Waals surface area (Å²) >= 11 is 0. The van der Waals surface area contributed by atoms with Gasteiger partial charge in [-0.3, -0.25) is 19.2 Å². The topological polar surface area (TPSA) is 139 Å². The van der Waals surface area contributed by atoms with Crippen LogP contribution in [0.4, 0.5) is 0 Å². The molecule has 0 aliphatic heterocycles. The molecule has 4 aromatic carbocycles. The monoisotopic (exact) mass is 718 g/mol. The smallest absolute Gasteiger partial charge is 0.326 e. The van der Waals surface area contributed by atoms with Gasteiger partial charge in [-0.2, -0.15) is 0 Å². The van der Waals surface area contributed by atoms with Crippen molar-refractivity contribution in [1.82, 2.24) is 10.6 Å². The van der Waals surface area contributed by atoms with E-state index in [1.165, 1.54) is 0 Å². The molecule has 0 heterocycles. The molecule has 0 saturated carbocycles. The van der Waals surface area contributed by atoms with Gasteiger partial charge >= 0.3 is 11.9 Å². The standard InChI is InChI=1S/C44H50N2O7/c1-2-3-8-25-36(30-41(48)53-31-35-23-15-7-16-24-35)42(49)45-38(27-33-19-11-5-12-20-33)40(47)29-37(26-32-17-9-4-10-18-32)43(50)46-39(44(51)52)28-34-21-13-6-14-22-34/h4-7,9-24,36-39H,2-3,8,25-31H2,1H3,(H,45,49)(H,46,50)(H,51,52)/t36-,37-,38+,39+/m1/s1. The second-order valence-corrected chi connectivity index (χ2v) is 13.4. The summed E-state index contributed by atoms with van der Waals surface area (Å²) in [4.78, 5) is 67.3. The maximum Gasteiger partial charge on any atom is 0.326 e. The normalized spacial score (nSPS) is 13.2. The summed E-state index contributed by atoms with van der Waals surface area (Å²) in [6.07, 6.45) is 3.06. The van der Waals surface area contributed by atoms with Crippen molar-refractivity contribution in [2.75, 3.05) is 0 Å². The summed E-state index contributed by atoms with van der Waals surface area (Å²) in [5, 5.41) is 15.6. The maximum atomic E-state index is 14.3. The molecule has 2 amide bonds. The Balaban J connectivity index is 1.54. The fourth-order valence-electron chi connectivity index (χ4n) is 6.23. The zero-order valence-corrected chi connectivity index (χ0v) is 30.3. The molecule has 0 aliphatic rings. The van der Waals surface area contributed by atoms with E-state index in [0.717, 1.165) is 41.5 Å². The molecule has 4 rings (SSSR count). The molecule has 0 aromatic heterocycles. The Morgan fingerprint density at radius 2 is 1.02 bits per heavy atom. The van der Waals surface area contributed by atoms with Gasteiger partial charge in [-0.15, -0.1) is 0 Å². The molecule has 0 spiro atoms. The minimum absolute atomic E-state index is 0.0772. The Labute approximate surface area is 312 Å². The van der Waals surface area contributed by atoms with Crippen molar-refractivity contribution >= 4 is 29.5 Å². The zero-order valence-electron chi connectivity index (χ0n) is 30.3. The minimum atomic E-state index is -1.20. The summed E-state index contributed by atoms with van der Waals surface area (Å²) in [6.45, 7) is 2.15. The number of nitrogens with one attached hydrogen (secondary N) is 2. The molecule has 4 aromatic rings. The van der Waals surface area contributed by atoms with Crippen LogP contribution in [0.15, 0.2) is 121 Å². The Kier molecular flexibility index (Phi) is 16.5. The number of rotatable bonds is 22. The number of unbranched alkanes of at least 4 members (excludes halogenated alkanes) is 2. The van der Waals surface area contributed by atoms with Crippen LogP contribution in [-0.2, 0) is 54.6 Å². The maximum absolute atomic E-state index is 14.3. The first-order valence-electron chi connectivity index (χ1n) is 18.4. The van der Waals surface area contributed by atoms with Crippen LogP contribution in [0, 0.1) is 11.8 Å². The highest BCUT2D eigenvalue weighted by molar-refractivity contribution is 5.94. The molecule has 53 heavy (non-hydrogen) atoms. The first-order valence-corrected chi connectivity index (χ1v) is 18.4. The van der Waals surface area contributed by atoms with E-state index in [0.29, 0.717) is 6.42 Å². The Morgan fingerprint density at radius 1 is 0.566 bits per heavy atom. The summed E-state index contributed by atoms with van der Waals surface area (Å²) in [7, 11) is 0. The number of esters is 1. The van der Waals surface area contributed by atoms with Crippen LogP contribution in [0.3, 0.4) is 0 Å². The molecular formula is C44H50N2O7. The third-order valence-electron chi connectivity index (χ3n) is 9.21. The van der Waals surface area contributed by atoms with Gasteiger partial charge in [-0.25, -0.2) is 4.79 Å². The van der Waals surface area contributed by atoms with Crippen LogP contribution in [-0.4, -0.2) is 46.7 Å². The summed E-state index contributed by atoms with van der Waals surface area (Å²) in [5.74, 6) is -4.66. The summed E-state index contributed by atoms with van der Waals surface area (Å²) in [6, 6.07) is 34.6. The number of carboxylic acid groups (broad SMARTS) is 1. The van der Waals surface area contributed by atoms with Gasteiger partial charge in [0.05, 0.1) is 12.5 Å². The molecule has 9 nitrogen and oxygen atoms in total. The van der Waals surface area contributed by atoms with Crippen LogP contribution in [0.2, 0.25) is 0 Å². The number of aliphatic carboxylic acids is 1. The SMILES string of the molecule is CCCCC[C@H](CC(=O)OCc1ccccc1)C(=O)N[C@@H](Cc1ccccc1)C(=O)C[C@@H](Cc1ccccc1)C(=O)N[C@@H](Cc1ccccc1)C(=O)O. The van der Waals surface area contributed by atoms with E-state index in [2.05, 4.69) is 17.6 Å². The minimum Gasteiger partial charge on any atom is -0.480 e. The summed E-state index contributed by atoms with van der Waals surface area (Å²) in [5.41, 5.74) is 3.21. The van der Waals surface area contributed by atoms with Gasteiger partial charge in [0.2, 0.25) is 11.8 Å². The van der Waals surface area contributed by atoms with Gasteiger partial charge in [0.15, 0.2) is 5.78 Å². The molecule has 0 fully saturated rings. The second-order valence-electron chi connectivity index (χ2n) is 13.4. The van der Waals surface area contributed by atoms with Gasteiger partial charge in [0.25, 0.3) is 0 Å². The molecule has 0 saturated heterocycles. The number of carbonyl (C=O) groups excluding carboxylic acids is 4. The lowest BCUT2D eigenvalue weighted by Gasteiger charge is -2.25. The van der Waals surface area contributed by atoms with Crippen molar-refractivity contribution in [2.24, 2.45) is 11.8 Å². The van der Waals surface area contributed by atoms with Crippen molar-refractivity contribution < 1.29 is 33.8 Å². The number of benzene rings is 4. The highest BCUT2D eigenvalue weighted by Crippen LogP contribution is 2.20. The van der Waals surface area contributed by atoms with E-state index in [-0.39, 0.29) is 44.5 Å². The number of carbonyl (C=O) groups is 5. The van der Waals surface area contributed by atoms with E-state index in [1.54, 1.807) is 24.3 Å². The third-order valence-corrected chi connectivity index (χ3v) is 9.21. The number of ketones is 1. The zero-order chi connectivity index (χ0) is 37.8. The second kappa shape index (κ2) is 21.7. The predicted molar refractivity (Wildman–Crippen MR) is 204 cm³/mol. The first-order chi connectivity index (χ1) is 25.7. The molecule has 3 N–H and O–H groups in total. The van der Waals surface area contributed by atoms with E-state index >= 15 is 0 Å². The quantitative estimate of drug-likeness (QED) is 0.0609. The van der Waals surface area contributed by atoms with Crippen LogP contribution < -0.4 is 10.6 Å². The highest BCUT2D eigenvalue weighted by atomic mass is 16.5. The lowest BCUT2D eigenvalue weighted by atomic mass is 9.88. The molecule has 0 radical (unpaired) electrons.